The molecule has 38 heavy (non-hydrogen) atoms. The Kier molecular flexibility index (Phi) is 7.56. The molecule has 1 aliphatic heterocycles. The molecule has 0 spiro atoms. The third kappa shape index (κ3) is 4.95. The zero-order valence-corrected chi connectivity index (χ0v) is 21.8. The van der Waals surface area contributed by atoms with Crippen molar-refractivity contribution < 1.29 is 19.4 Å². The van der Waals surface area contributed by atoms with Gasteiger partial charge in [-0.05, 0) is 47.5 Å². The zero-order valence-electron chi connectivity index (χ0n) is 20.3. The van der Waals surface area contributed by atoms with E-state index in [2.05, 4.69) is 0 Å². The summed E-state index contributed by atoms with van der Waals surface area (Å²) in [5.74, 6) is -1.94. The normalized spacial score (nSPS) is 22.6. The monoisotopic (exact) mass is 548 g/mol. The summed E-state index contributed by atoms with van der Waals surface area (Å²) in [6.07, 6.45) is 5.21. The van der Waals surface area contributed by atoms with E-state index >= 15 is 0 Å². The molecule has 3 aromatic rings. The predicted octanol–water partition coefficient (Wildman–Crippen LogP) is 5.27. The van der Waals surface area contributed by atoms with E-state index in [4.69, 9.17) is 33.7 Å². The highest BCUT2D eigenvalue weighted by Crippen LogP contribution is 2.46. The number of nitrogens with zero attached hydrogens (tertiary/aromatic N) is 1. The van der Waals surface area contributed by atoms with Crippen LogP contribution < -0.4 is 15.4 Å². The molecule has 0 aromatic heterocycles. The maximum Gasteiger partial charge on any atom is 0.259 e. The number of nitrogens with two attached hydrogens (primary N) is 1. The minimum absolute atomic E-state index is 0.201. The summed E-state index contributed by atoms with van der Waals surface area (Å²) in [5, 5.41) is 9.62. The second-order valence-electron chi connectivity index (χ2n) is 9.30. The summed E-state index contributed by atoms with van der Waals surface area (Å²) in [5.41, 5.74) is 8.95. The van der Waals surface area contributed by atoms with Crippen molar-refractivity contribution in [2.45, 2.75) is 30.6 Å². The summed E-state index contributed by atoms with van der Waals surface area (Å²) in [6.45, 7) is 0.0529. The fourth-order valence-electron chi connectivity index (χ4n) is 5.23. The molecule has 1 aliphatic carbocycles. The van der Waals surface area contributed by atoms with Gasteiger partial charge in [0.15, 0.2) is 0 Å². The molecule has 2 aliphatic rings. The quantitative estimate of drug-likeness (QED) is 0.393. The number of anilines is 1. The Hall–Kier alpha value is -3.58. The molecule has 4 atom stereocenters. The molecule has 0 saturated heterocycles. The van der Waals surface area contributed by atoms with Crippen LogP contribution in [0.25, 0.3) is 0 Å². The van der Waals surface area contributed by atoms with Gasteiger partial charge in [-0.25, -0.2) is 0 Å². The van der Waals surface area contributed by atoms with Gasteiger partial charge in [-0.1, -0.05) is 66.2 Å². The van der Waals surface area contributed by atoms with E-state index in [1.165, 1.54) is 0 Å². The fourth-order valence-corrected chi connectivity index (χ4v) is 5.87. The number of primary amides is 1. The Balaban J connectivity index is 1.67. The predicted molar refractivity (Wildman–Crippen MR) is 148 cm³/mol. The van der Waals surface area contributed by atoms with Crippen LogP contribution >= 0.6 is 23.2 Å². The third-order valence-corrected chi connectivity index (χ3v) is 7.61. The van der Waals surface area contributed by atoms with Gasteiger partial charge in [-0.2, -0.15) is 0 Å². The van der Waals surface area contributed by atoms with Crippen molar-refractivity contribution in [2.75, 3.05) is 4.90 Å². The fraction of sp³-hybridized carbons (Fsp3) is 0.200. The topological polar surface area (TPSA) is 92.9 Å². The lowest BCUT2D eigenvalue weighted by atomic mass is 9.74. The van der Waals surface area contributed by atoms with Crippen LogP contribution in [0.4, 0.5) is 5.69 Å². The number of ether oxygens (including phenoxy) is 1. The molecule has 6 nitrogen and oxygen atoms in total. The Labute approximate surface area is 230 Å². The van der Waals surface area contributed by atoms with Crippen LogP contribution in [-0.2, 0) is 18.0 Å². The van der Waals surface area contributed by atoms with Crippen molar-refractivity contribution in [3.8, 4) is 5.75 Å². The second kappa shape index (κ2) is 11.0. The Bertz CT molecular complexity index is 1420. The molecule has 0 fully saturated rings. The smallest absolute Gasteiger partial charge is 0.259 e. The molecule has 8 heteroatoms. The van der Waals surface area contributed by atoms with Gasteiger partial charge in [-0.15, -0.1) is 11.6 Å². The highest BCUT2D eigenvalue weighted by molar-refractivity contribution is 6.32. The van der Waals surface area contributed by atoms with Crippen molar-refractivity contribution in [3.05, 3.63) is 118 Å². The first-order valence-corrected chi connectivity index (χ1v) is 13.0. The van der Waals surface area contributed by atoms with Crippen LogP contribution in [0.15, 0.2) is 96.1 Å². The lowest BCUT2D eigenvalue weighted by molar-refractivity contribution is -0.120. The minimum Gasteiger partial charge on any atom is -0.489 e. The molecule has 0 bridgehead atoms. The molecule has 5 rings (SSSR count). The van der Waals surface area contributed by atoms with Crippen molar-refractivity contribution in [1.29, 1.82) is 0 Å². The molecular weight excluding hydrogens is 523 g/mol. The number of rotatable bonds is 7. The van der Waals surface area contributed by atoms with Crippen molar-refractivity contribution >= 4 is 40.7 Å². The van der Waals surface area contributed by atoms with Crippen molar-refractivity contribution in [2.24, 2.45) is 11.7 Å². The number of benzene rings is 3. The molecule has 2 unspecified atom stereocenters. The number of fused-ring (bicyclic) bond motifs is 1. The summed E-state index contributed by atoms with van der Waals surface area (Å²) < 4.78 is 6.18. The van der Waals surface area contributed by atoms with Gasteiger partial charge in [0.2, 0.25) is 5.91 Å². The molecule has 3 aromatic carbocycles. The number of hydrogen-bond acceptors (Lipinski definition) is 4. The van der Waals surface area contributed by atoms with E-state index < -0.39 is 29.2 Å². The number of carbonyl (C=O) groups excluding carboxylic acids is 2. The van der Waals surface area contributed by atoms with Gasteiger partial charge in [0.1, 0.15) is 12.4 Å². The maximum absolute atomic E-state index is 14.2. The number of hydrogen-bond donors (Lipinski definition) is 2. The second-order valence-corrected chi connectivity index (χ2v) is 10.2. The van der Waals surface area contributed by atoms with Crippen molar-refractivity contribution in [1.82, 2.24) is 0 Å². The van der Waals surface area contributed by atoms with Crippen LogP contribution in [-0.4, -0.2) is 28.3 Å². The molecule has 1 heterocycles. The van der Waals surface area contributed by atoms with Crippen LogP contribution in [0.2, 0.25) is 0 Å². The molecule has 3 N–H and O–H groups in total. The van der Waals surface area contributed by atoms with Gasteiger partial charge in [0.05, 0.1) is 23.9 Å². The van der Waals surface area contributed by atoms with Gasteiger partial charge in [0, 0.05) is 27.8 Å². The van der Waals surface area contributed by atoms with Crippen LogP contribution in [0, 0.1) is 5.92 Å². The van der Waals surface area contributed by atoms with E-state index in [1.807, 2.05) is 36.4 Å². The number of alkyl halides is 1. The van der Waals surface area contributed by atoms with Crippen LogP contribution in [0.1, 0.15) is 33.0 Å². The minimum atomic E-state index is -0.936. The van der Waals surface area contributed by atoms with E-state index in [0.29, 0.717) is 33.2 Å². The summed E-state index contributed by atoms with van der Waals surface area (Å²) in [4.78, 5) is 29.0. The standard InChI is InChI=1S/C30H26Cl2N2O4/c31-20-12-13-22(24(32)15-20)28-27(29(33)36)26-23(30(37)34(28)21-9-4-8-19(14-21)16-35)10-5-11-25(26)38-17-18-6-2-1-3-7-18/h1-15,22,24,27-28,35H,16-17H2,(H2,33,36)/t22?,24?,27-,28+/m1/s1. The Morgan fingerprint density at radius 1 is 1.03 bits per heavy atom. The molecular formula is C30H26Cl2N2O4. The van der Waals surface area contributed by atoms with Crippen LogP contribution in [0.3, 0.4) is 0 Å². The first-order chi connectivity index (χ1) is 18.4. The average molecular weight is 549 g/mol. The largest absolute Gasteiger partial charge is 0.489 e. The average Bonchev–Trinajstić information content (AvgIpc) is 2.92. The van der Waals surface area contributed by atoms with E-state index in [0.717, 1.165) is 5.56 Å². The number of aliphatic hydroxyl groups is 1. The first kappa shape index (κ1) is 26.0. The third-order valence-electron chi connectivity index (χ3n) is 6.94. The molecule has 2 amide bonds. The SMILES string of the molecule is NC(=O)[C@@H]1c2c(OCc3ccccc3)cccc2C(=O)N(c2cccc(CO)c2)[C@H]1C1C=CC(Cl)=CC1Cl. The first-order valence-electron chi connectivity index (χ1n) is 12.2. The highest BCUT2D eigenvalue weighted by atomic mass is 35.5. The zero-order chi connectivity index (χ0) is 26.8. The molecule has 194 valence electrons. The van der Waals surface area contributed by atoms with E-state index in [9.17, 15) is 14.7 Å². The lowest BCUT2D eigenvalue weighted by Crippen LogP contribution is -2.56. The highest BCUT2D eigenvalue weighted by Gasteiger charge is 2.49. The molecule has 0 radical (unpaired) electrons. The number of halogens is 2. The van der Waals surface area contributed by atoms with Gasteiger partial charge >= 0.3 is 0 Å². The van der Waals surface area contributed by atoms with E-state index in [1.54, 1.807) is 59.5 Å². The van der Waals surface area contributed by atoms with Gasteiger partial charge in [0.25, 0.3) is 5.91 Å². The number of amides is 2. The number of allylic oxidation sites excluding steroid dienone is 3. The summed E-state index contributed by atoms with van der Waals surface area (Å²) >= 11 is 13.0. The molecule has 0 saturated carbocycles. The summed E-state index contributed by atoms with van der Waals surface area (Å²) in [6, 6.07) is 21.0. The van der Waals surface area contributed by atoms with Crippen molar-refractivity contribution in [3.63, 3.8) is 0 Å². The number of aliphatic hydroxyl groups excluding tert-OH is 1. The Morgan fingerprint density at radius 2 is 1.76 bits per heavy atom. The van der Waals surface area contributed by atoms with Gasteiger partial charge < -0.3 is 20.5 Å². The maximum atomic E-state index is 14.2. The Morgan fingerprint density at radius 3 is 2.47 bits per heavy atom. The van der Waals surface area contributed by atoms with Crippen LogP contribution in [0.5, 0.6) is 5.75 Å². The van der Waals surface area contributed by atoms with Gasteiger partial charge in [-0.3, -0.25) is 9.59 Å². The lowest BCUT2D eigenvalue weighted by Gasteiger charge is -2.45. The summed E-state index contributed by atoms with van der Waals surface area (Å²) in [7, 11) is 0. The number of carbonyl (C=O) groups is 2. The van der Waals surface area contributed by atoms with E-state index in [-0.39, 0.29) is 19.1 Å².